The minimum absolute atomic E-state index is 0.204. The Balaban J connectivity index is 2.32. The van der Waals surface area contributed by atoms with Gasteiger partial charge in [0, 0.05) is 6.92 Å². The van der Waals surface area contributed by atoms with Crippen molar-refractivity contribution in [3.05, 3.63) is 35.9 Å². The Bertz CT molecular complexity index is 328. The van der Waals surface area contributed by atoms with Crippen molar-refractivity contribution in [3.63, 3.8) is 0 Å². The van der Waals surface area contributed by atoms with Crippen LogP contribution >= 0.6 is 0 Å². The van der Waals surface area contributed by atoms with Crippen molar-refractivity contribution >= 4 is 5.97 Å². The molecule has 0 atom stereocenters. The molecule has 0 unspecified atom stereocenters. The Labute approximate surface area is 97.6 Å². The zero-order chi connectivity index (χ0) is 12.0. The molecule has 0 N–H and O–H groups in total. The van der Waals surface area contributed by atoms with Crippen molar-refractivity contribution in [1.82, 2.24) is 0 Å². The van der Waals surface area contributed by atoms with Crippen molar-refractivity contribution in [2.45, 2.75) is 45.6 Å². The number of esters is 1. The van der Waals surface area contributed by atoms with Crippen molar-refractivity contribution in [2.75, 3.05) is 0 Å². The first-order valence-corrected chi connectivity index (χ1v) is 5.73. The molecule has 0 spiro atoms. The Morgan fingerprint density at radius 3 is 2.44 bits per heavy atom. The third-order valence-electron chi connectivity index (χ3n) is 2.51. The summed E-state index contributed by atoms with van der Waals surface area (Å²) in [4.78, 5) is 10.9. The zero-order valence-electron chi connectivity index (χ0n) is 10.3. The lowest BCUT2D eigenvalue weighted by Gasteiger charge is -2.24. The van der Waals surface area contributed by atoms with Gasteiger partial charge in [0.05, 0.1) is 0 Å². The van der Waals surface area contributed by atoms with E-state index in [1.165, 1.54) is 12.5 Å². The van der Waals surface area contributed by atoms with Gasteiger partial charge in [0.1, 0.15) is 5.60 Å². The molecule has 1 rings (SSSR count). The minimum atomic E-state index is -0.347. The first kappa shape index (κ1) is 12.8. The summed E-state index contributed by atoms with van der Waals surface area (Å²) in [5, 5.41) is 0. The average Bonchev–Trinajstić information content (AvgIpc) is 2.16. The van der Waals surface area contributed by atoms with Gasteiger partial charge in [-0.05, 0) is 38.7 Å². The highest BCUT2D eigenvalue weighted by atomic mass is 16.6. The highest BCUT2D eigenvalue weighted by molar-refractivity contribution is 5.66. The summed E-state index contributed by atoms with van der Waals surface area (Å²) in [6.45, 7) is 5.37. The quantitative estimate of drug-likeness (QED) is 0.711. The summed E-state index contributed by atoms with van der Waals surface area (Å²) in [6.07, 6.45) is 2.96. The minimum Gasteiger partial charge on any atom is -0.460 e. The maximum atomic E-state index is 10.9. The number of benzene rings is 1. The topological polar surface area (TPSA) is 26.3 Å². The molecule has 0 bridgehead atoms. The molecule has 0 saturated heterocycles. The number of carbonyl (C=O) groups is 1. The fourth-order valence-electron chi connectivity index (χ4n) is 1.80. The van der Waals surface area contributed by atoms with E-state index in [1.54, 1.807) is 0 Å². The number of ether oxygens (including phenoxy) is 1. The second kappa shape index (κ2) is 5.69. The third kappa shape index (κ3) is 4.96. The monoisotopic (exact) mass is 220 g/mol. The Morgan fingerprint density at radius 2 is 1.88 bits per heavy atom. The molecule has 0 saturated carbocycles. The third-order valence-corrected chi connectivity index (χ3v) is 2.51. The van der Waals surface area contributed by atoms with Gasteiger partial charge >= 0.3 is 5.97 Å². The second-order valence-corrected chi connectivity index (χ2v) is 4.69. The number of rotatable bonds is 5. The van der Waals surface area contributed by atoms with E-state index < -0.39 is 0 Å². The van der Waals surface area contributed by atoms with E-state index in [1.807, 2.05) is 32.0 Å². The molecule has 2 heteroatoms. The van der Waals surface area contributed by atoms with Crippen LogP contribution in [0.1, 0.15) is 39.2 Å². The summed E-state index contributed by atoms with van der Waals surface area (Å²) in [7, 11) is 0. The molecule has 88 valence electrons. The largest absolute Gasteiger partial charge is 0.460 e. The van der Waals surface area contributed by atoms with Crippen LogP contribution in [0.2, 0.25) is 0 Å². The molecular weight excluding hydrogens is 200 g/mol. The molecule has 0 amide bonds. The van der Waals surface area contributed by atoms with Crippen molar-refractivity contribution in [1.29, 1.82) is 0 Å². The van der Waals surface area contributed by atoms with Gasteiger partial charge in [-0.1, -0.05) is 30.3 Å². The molecule has 0 aliphatic rings. The predicted molar refractivity (Wildman–Crippen MR) is 65.2 cm³/mol. The van der Waals surface area contributed by atoms with E-state index >= 15 is 0 Å². The molecule has 16 heavy (non-hydrogen) atoms. The molecule has 0 fully saturated rings. The summed E-state index contributed by atoms with van der Waals surface area (Å²) < 4.78 is 5.24. The maximum absolute atomic E-state index is 10.9. The van der Waals surface area contributed by atoms with Crippen LogP contribution in [-0.2, 0) is 16.0 Å². The van der Waals surface area contributed by atoms with E-state index in [-0.39, 0.29) is 11.6 Å². The molecule has 0 aromatic heterocycles. The van der Waals surface area contributed by atoms with Gasteiger partial charge in [-0.3, -0.25) is 4.79 Å². The molecule has 1 aromatic carbocycles. The van der Waals surface area contributed by atoms with Gasteiger partial charge in [0.15, 0.2) is 0 Å². The first-order valence-electron chi connectivity index (χ1n) is 5.73. The molecule has 1 aromatic rings. The molecule has 0 radical (unpaired) electrons. The first-order chi connectivity index (χ1) is 7.49. The van der Waals surface area contributed by atoms with E-state index in [0.29, 0.717) is 0 Å². The van der Waals surface area contributed by atoms with Crippen LogP contribution in [0.25, 0.3) is 0 Å². The van der Waals surface area contributed by atoms with Crippen molar-refractivity contribution in [3.8, 4) is 0 Å². The van der Waals surface area contributed by atoms with E-state index in [2.05, 4.69) is 12.1 Å². The number of carbonyl (C=O) groups excluding carboxylic acids is 1. The van der Waals surface area contributed by atoms with Crippen LogP contribution in [0.4, 0.5) is 0 Å². The second-order valence-electron chi connectivity index (χ2n) is 4.69. The smallest absolute Gasteiger partial charge is 0.303 e. The molecule has 2 nitrogen and oxygen atoms in total. The Morgan fingerprint density at radius 1 is 1.25 bits per heavy atom. The standard InChI is InChI=1S/C14H20O2/c1-12(15)16-14(2,3)11-7-10-13-8-5-4-6-9-13/h4-6,8-9H,7,10-11H2,1-3H3. The lowest BCUT2D eigenvalue weighted by Crippen LogP contribution is -2.26. The zero-order valence-corrected chi connectivity index (χ0v) is 10.3. The lowest BCUT2D eigenvalue weighted by atomic mass is 9.99. The highest BCUT2D eigenvalue weighted by Gasteiger charge is 2.20. The van der Waals surface area contributed by atoms with Crippen molar-refractivity contribution in [2.24, 2.45) is 0 Å². The van der Waals surface area contributed by atoms with Crippen LogP contribution in [0.15, 0.2) is 30.3 Å². The number of hydrogen-bond acceptors (Lipinski definition) is 2. The van der Waals surface area contributed by atoms with E-state index in [0.717, 1.165) is 19.3 Å². The Hall–Kier alpha value is -1.31. The maximum Gasteiger partial charge on any atom is 0.303 e. The molecular formula is C14H20O2. The predicted octanol–water partition coefficient (Wildman–Crippen LogP) is 3.35. The van der Waals surface area contributed by atoms with Gasteiger partial charge in [0.2, 0.25) is 0 Å². The molecule has 0 aliphatic carbocycles. The number of aryl methyl sites for hydroxylation is 1. The van der Waals surface area contributed by atoms with Crippen LogP contribution in [-0.4, -0.2) is 11.6 Å². The fourth-order valence-corrected chi connectivity index (χ4v) is 1.80. The summed E-state index contributed by atoms with van der Waals surface area (Å²) >= 11 is 0. The Kier molecular flexibility index (Phi) is 4.53. The van der Waals surface area contributed by atoms with Gasteiger partial charge in [-0.2, -0.15) is 0 Å². The van der Waals surface area contributed by atoms with Gasteiger partial charge < -0.3 is 4.74 Å². The van der Waals surface area contributed by atoms with Crippen LogP contribution in [0, 0.1) is 0 Å². The summed E-state index contributed by atoms with van der Waals surface area (Å²) in [5.41, 5.74) is 0.988. The summed E-state index contributed by atoms with van der Waals surface area (Å²) in [5.74, 6) is -0.204. The molecule has 0 heterocycles. The van der Waals surface area contributed by atoms with E-state index in [4.69, 9.17) is 4.74 Å². The van der Waals surface area contributed by atoms with Gasteiger partial charge in [-0.25, -0.2) is 0 Å². The van der Waals surface area contributed by atoms with Gasteiger partial charge in [0.25, 0.3) is 0 Å². The van der Waals surface area contributed by atoms with Crippen LogP contribution in [0.5, 0.6) is 0 Å². The van der Waals surface area contributed by atoms with Crippen molar-refractivity contribution < 1.29 is 9.53 Å². The fraction of sp³-hybridized carbons (Fsp3) is 0.500. The van der Waals surface area contributed by atoms with E-state index in [9.17, 15) is 4.79 Å². The van der Waals surface area contributed by atoms with Crippen LogP contribution < -0.4 is 0 Å². The van der Waals surface area contributed by atoms with Gasteiger partial charge in [-0.15, -0.1) is 0 Å². The van der Waals surface area contributed by atoms with Crippen LogP contribution in [0.3, 0.4) is 0 Å². The average molecular weight is 220 g/mol. The lowest BCUT2D eigenvalue weighted by molar-refractivity contribution is -0.154. The normalized spacial score (nSPS) is 11.2. The highest BCUT2D eigenvalue weighted by Crippen LogP contribution is 2.18. The summed E-state index contributed by atoms with van der Waals surface area (Å²) in [6, 6.07) is 10.4. The SMILES string of the molecule is CC(=O)OC(C)(C)CCCc1ccccc1. The number of hydrogen-bond donors (Lipinski definition) is 0. The molecule has 0 aliphatic heterocycles.